The highest BCUT2D eigenvalue weighted by atomic mass is 16.4. The Kier molecular flexibility index (Phi) is 5.27. The molecular formula is C9H13NO3. The van der Waals surface area contributed by atoms with Crippen molar-refractivity contribution in [3.63, 3.8) is 0 Å². The highest BCUT2D eigenvalue weighted by Crippen LogP contribution is 1.93. The maximum Gasteiger partial charge on any atom is 0.352 e. The van der Waals surface area contributed by atoms with Gasteiger partial charge in [0.2, 0.25) is 5.91 Å². The van der Waals surface area contributed by atoms with E-state index in [1.165, 1.54) is 6.08 Å². The second-order valence-electron chi connectivity index (χ2n) is 2.38. The van der Waals surface area contributed by atoms with Gasteiger partial charge in [0.25, 0.3) is 0 Å². The van der Waals surface area contributed by atoms with E-state index >= 15 is 0 Å². The third kappa shape index (κ3) is 4.79. The molecule has 0 saturated carbocycles. The highest BCUT2D eigenvalue weighted by molar-refractivity contribution is 5.92. The number of carboxylic acid groups (broad SMARTS) is 1. The average molecular weight is 183 g/mol. The standard InChI is InChI=1S/C9H13NO3/c1-3-5-6-8(11)10-7(4-2)9(12)13/h3-4H,1,5-6H2,2H3,(H,10,11)(H,12,13)/b7-4-. The molecule has 0 aromatic rings. The number of allylic oxidation sites excluding steroid dienone is 2. The summed E-state index contributed by atoms with van der Waals surface area (Å²) in [5, 5.41) is 10.8. The summed E-state index contributed by atoms with van der Waals surface area (Å²) in [5.41, 5.74) is -0.0888. The predicted molar refractivity (Wildman–Crippen MR) is 49.0 cm³/mol. The molecule has 0 aliphatic carbocycles. The Balaban J connectivity index is 4.03. The van der Waals surface area contributed by atoms with E-state index in [0.29, 0.717) is 6.42 Å². The molecule has 0 aromatic heterocycles. The van der Waals surface area contributed by atoms with Gasteiger partial charge in [-0.3, -0.25) is 4.79 Å². The fraction of sp³-hybridized carbons (Fsp3) is 0.333. The van der Waals surface area contributed by atoms with Crippen LogP contribution in [0.15, 0.2) is 24.4 Å². The average Bonchev–Trinajstić information content (AvgIpc) is 2.10. The molecule has 0 saturated heterocycles. The van der Waals surface area contributed by atoms with E-state index in [1.54, 1.807) is 13.0 Å². The number of rotatable bonds is 5. The number of nitrogens with one attached hydrogen (secondary N) is 1. The Morgan fingerprint density at radius 3 is 2.54 bits per heavy atom. The summed E-state index contributed by atoms with van der Waals surface area (Å²) in [7, 11) is 0. The number of carbonyl (C=O) groups excluding carboxylic acids is 1. The van der Waals surface area contributed by atoms with E-state index in [-0.39, 0.29) is 18.0 Å². The quantitative estimate of drug-likeness (QED) is 0.494. The molecule has 0 spiro atoms. The van der Waals surface area contributed by atoms with E-state index in [9.17, 15) is 9.59 Å². The molecule has 13 heavy (non-hydrogen) atoms. The first-order valence-corrected chi connectivity index (χ1v) is 3.92. The summed E-state index contributed by atoms with van der Waals surface area (Å²) in [4.78, 5) is 21.4. The summed E-state index contributed by atoms with van der Waals surface area (Å²) in [6, 6.07) is 0. The Labute approximate surface area is 76.9 Å². The Bertz CT molecular complexity index is 243. The Morgan fingerprint density at radius 2 is 2.15 bits per heavy atom. The van der Waals surface area contributed by atoms with Gasteiger partial charge in [0.15, 0.2) is 0 Å². The lowest BCUT2D eigenvalue weighted by Gasteiger charge is -2.03. The summed E-state index contributed by atoms with van der Waals surface area (Å²) in [6.45, 7) is 5.01. The van der Waals surface area contributed by atoms with Crippen molar-refractivity contribution in [1.82, 2.24) is 5.32 Å². The largest absolute Gasteiger partial charge is 0.477 e. The Morgan fingerprint density at radius 1 is 1.54 bits per heavy atom. The topological polar surface area (TPSA) is 66.4 Å². The molecule has 0 aliphatic rings. The smallest absolute Gasteiger partial charge is 0.352 e. The first-order chi connectivity index (χ1) is 6.11. The minimum Gasteiger partial charge on any atom is -0.477 e. The molecule has 0 aromatic carbocycles. The lowest BCUT2D eigenvalue weighted by molar-refractivity contribution is -0.134. The van der Waals surface area contributed by atoms with Gasteiger partial charge in [0, 0.05) is 6.42 Å². The normalized spacial score (nSPS) is 10.7. The van der Waals surface area contributed by atoms with Crippen molar-refractivity contribution in [2.45, 2.75) is 19.8 Å². The molecule has 0 radical (unpaired) electrons. The zero-order valence-electron chi connectivity index (χ0n) is 7.54. The molecule has 0 atom stereocenters. The van der Waals surface area contributed by atoms with Crippen LogP contribution in [-0.4, -0.2) is 17.0 Å². The number of hydrogen-bond acceptors (Lipinski definition) is 2. The third-order valence-electron chi connectivity index (χ3n) is 1.37. The maximum atomic E-state index is 11.0. The first-order valence-electron chi connectivity index (χ1n) is 3.92. The molecule has 4 heteroatoms. The summed E-state index contributed by atoms with van der Waals surface area (Å²) < 4.78 is 0. The van der Waals surface area contributed by atoms with Crippen LogP contribution in [0.4, 0.5) is 0 Å². The monoisotopic (exact) mass is 183 g/mol. The van der Waals surface area contributed by atoms with Crippen LogP contribution in [-0.2, 0) is 9.59 Å². The molecule has 0 aliphatic heterocycles. The summed E-state index contributed by atoms with van der Waals surface area (Å²) in [5.74, 6) is -1.44. The molecule has 4 nitrogen and oxygen atoms in total. The zero-order chi connectivity index (χ0) is 10.3. The van der Waals surface area contributed by atoms with Gasteiger partial charge in [-0.25, -0.2) is 4.79 Å². The van der Waals surface area contributed by atoms with Crippen LogP contribution >= 0.6 is 0 Å². The van der Waals surface area contributed by atoms with Crippen molar-refractivity contribution in [2.75, 3.05) is 0 Å². The van der Waals surface area contributed by atoms with Crippen molar-refractivity contribution >= 4 is 11.9 Å². The lowest BCUT2D eigenvalue weighted by atomic mass is 10.3. The minimum absolute atomic E-state index is 0.0888. The fourth-order valence-corrected chi connectivity index (χ4v) is 0.695. The van der Waals surface area contributed by atoms with E-state index in [2.05, 4.69) is 11.9 Å². The second kappa shape index (κ2) is 5.99. The minimum atomic E-state index is -1.13. The van der Waals surface area contributed by atoms with Crippen LogP contribution in [0.2, 0.25) is 0 Å². The van der Waals surface area contributed by atoms with Crippen LogP contribution in [0.25, 0.3) is 0 Å². The van der Waals surface area contributed by atoms with Gasteiger partial charge in [-0.15, -0.1) is 6.58 Å². The van der Waals surface area contributed by atoms with Crippen LogP contribution < -0.4 is 5.32 Å². The van der Waals surface area contributed by atoms with Gasteiger partial charge in [-0.05, 0) is 13.3 Å². The van der Waals surface area contributed by atoms with Gasteiger partial charge in [-0.1, -0.05) is 12.2 Å². The second-order valence-corrected chi connectivity index (χ2v) is 2.38. The van der Waals surface area contributed by atoms with Crippen molar-refractivity contribution in [3.8, 4) is 0 Å². The molecule has 0 bridgehead atoms. The number of amides is 1. The molecule has 1 amide bonds. The van der Waals surface area contributed by atoms with Crippen molar-refractivity contribution in [1.29, 1.82) is 0 Å². The highest BCUT2D eigenvalue weighted by Gasteiger charge is 2.08. The van der Waals surface area contributed by atoms with E-state index in [4.69, 9.17) is 5.11 Å². The lowest BCUT2D eigenvalue weighted by Crippen LogP contribution is -2.26. The fourth-order valence-electron chi connectivity index (χ4n) is 0.695. The summed E-state index contributed by atoms with van der Waals surface area (Å²) in [6.07, 6.45) is 3.75. The van der Waals surface area contributed by atoms with Gasteiger partial charge >= 0.3 is 5.97 Å². The van der Waals surface area contributed by atoms with Crippen molar-refractivity contribution < 1.29 is 14.7 Å². The van der Waals surface area contributed by atoms with Gasteiger partial charge in [0.05, 0.1) is 0 Å². The number of carbonyl (C=O) groups is 2. The van der Waals surface area contributed by atoms with Gasteiger partial charge in [-0.2, -0.15) is 0 Å². The van der Waals surface area contributed by atoms with Crippen LogP contribution in [0.1, 0.15) is 19.8 Å². The van der Waals surface area contributed by atoms with Crippen molar-refractivity contribution in [3.05, 3.63) is 24.4 Å². The van der Waals surface area contributed by atoms with E-state index < -0.39 is 5.97 Å². The number of carboxylic acids is 1. The maximum absolute atomic E-state index is 11.0. The Hall–Kier alpha value is -1.58. The third-order valence-corrected chi connectivity index (χ3v) is 1.37. The zero-order valence-corrected chi connectivity index (χ0v) is 7.54. The molecule has 0 unspecified atom stereocenters. The van der Waals surface area contributed by atoms with E-state index in [0.717, 1.165) is 0 Å². The number of hydrogen-bond donors (Lipinski definition) is 2. The number of aliphatic carboxylic acids is 1. The van der Waals surface area contributed by atoms with Crippen LogP contribution in [0.5, 0.6) is 0 Å². The molecular weight excluding hydrogens is 170 g/mol. The molecule has 0 heterocycles. The van der Waals surface area contributed by atoms with Crippen LogP contribution in [0.3, 0.4) is 0 Å². The molecule has 72 valence electrons. The first kappa shape index (κ1) is 11.4. The molecule has 0 rings (SSSR count). The van der Waals surface area contributed by atoms with E-state index in [1.807, 2.05) is 0 Å². The molecule has 0 fully saturated rings. The summed E-state index contributed by atoms with van der Waals surface area (Å²) >= 11 is 0. The molecule has 2 N–H and O–H groups in total. The predicted octanol–water partition coefficient (Wildman–Crippen LogP) is 1.06. The van der Waals surface area contributed by atoms with Crippen molar-refractivity contribution in [2.24, 2.45) is 0 Å². The van der Waals surface area contributed by atoms with Gasteiger partial charge < -0.3 is 10.4 Å². The van der Waals surface area contributed by atoms with Crippen LogP contribution in [0, 0.1) is 0 Å². The van der Waals surface area contributed by atoms with Gasteiger partial charge in [0.1, 0.15) is 5.70 Å². The SMILES string of the molecule is C=CCCC(=O)N/C(=C\C)C(=O)O.